The second-order valence-electron chi connectivity index (χ2n) is 11.7. The average molecular weight is 619 g/mol. The van der Waals surface area contributed by atoms with Crippen LogP contribution in [0.5, 0.6) is 0 Å². The number of nitrogens with two attached hydrogens (primary N) is 1. The summed E-state index contributed by atoms with van der Waals surface area (Å²) < 4.78 is 11.9. The van der Waals surface area contributed by atoms with Gasteiger partial charge in [0.2, 0.25) is 0 Å². The summed E-state index contributed by atoms with van der Waals surface area (Å²) >= 11 is 0. The number of aryl methyl sites for hydroxylation is 2. The molecule has 0 fully saturated rings. The summed E-state index contributed by atoms with van der Waals surface area (Å²) in [7, 11) is 0. The van der Waals surface area contributed by atoms with Crippen molar-refractivity contribution < 1.29 is 24.1 Å². The third kappa shape index (κ3) is 7.72. The first kappa shape index (κ1) is 32.6. The van der Waals surface area contributed by atoms with Crippen LogP contribution in [0.15, 0.2) is 88.3 Å². The Bertz CT molecular complexity index is 1860. The summed E-state index contributed by atoms with van der Waals surface area (Å²) in [6, 6.07) is 25.9. The zero-order chi connectivity index (χ0) is 32.5. The van der Waals surface area contributed by atoms with E-state index in [-0.39, 0.29) is 11.9 Å². The number of esters is 1. The van der Waals surface area contributed by atoms with Crippen LogP contribution >= 0.6 is 0 Å². The molecule has 238 valence electrons. The van der Waals surface area contributed by atoms with Crippen LogP contribution in [0.2, 0.25) is 0 Å². The molecular formula is C39H44N3O4+. The Labute approximate surface area is 271 Å². The van der Waals surface area contributed by atoms with Crippen LogP contribution in [0.1, 0.15) is 66.6 Å². The van der Waals surface area contributed by atoms with E-state index in [0.29, 0.717) is 38.1 Å². The third-order valence-corrected chi connectivity index (χ3v) is 8.20. The van der Waals surface area contributed by atoms with Crippen molar-refractivity contribution in [2.45, 2.75) is 60.0 Å². The number of hydrogen-bond acceptors (Lipinski definition) is 5. The van der Waals surface area contributed by atoms with Crippen LogP contribution in [0, 0.1) is 13.8 Å². The minimum Gasteiger partial charge on any atom is -0.461 e. The molecule has 0 spiro atoms. The second kappa shape index (κ2) is 15.5. The van der Waals surface area contributed by atoms with Gasteiger partial charge in [-0.1, -0.05) is 55.0 Å². The van der Waals surface area contributed by atoms with E-state index < -0.39 is 0 Å². The standard InChI is InChI=1S/C39H43N3O4/c1-5-40-33-23-35-31(21-26(33)3)38(32-22-27(4)34(41-6-2)24-36(32)46-35)29-17-12-13-18-30(29)39(44)42-20-14-8-11-19-37(43)45-25-28-15-9-7-10-16-28/h7,9-10,12-13,15-18,21-24,40H,5-6,8,11,14,19-20,25H2,1-4H3,(H,42,44)/p+1. The Morgan fingerprint density at radius 2 is 1.65 bits per heavy atom. The van der Waals surface area contributed by atoms with Crippen LogP contribution in [-0.4, -0.2) is 31.5 Å². The van der Waals surface area contributed by atoms with Crippen LogP contribution < -0.4 is 16.0 Å². The number of nitrogens with one attached hydrogen (secondary N) is 1. The lowest BCUT2D eigenvalue weighted by molar-refractivity contribution is -0.568. The van der Waals surface area contributed by atoms with E-state index in [1.807, 2.05) is 67.6 Å². The van der Waals surface area contributed by atoms with Gasteiger partial charge >= 0.3 is 5.97 Å². The van der Waals surface area contributed by atoms with Gasteiger partial charge in [0.25, 0.3) is 5.91 Å². The number of rotatable bonds is 13. The number of carbonyl (C=O) groups is 2. The van der Waals surface area contributed by atoms with Gasteiger partial charge in [-0.2, -0.15) is 0 Å². The Hall–Kier alpha value is -4.75. The quantitative estimate of drug-likeness (QED) is 0.0643. The number of nitrogens with zero attached hydrogens (tertiary/aromatic N) is 1. The molecule has 5 rings (SSSR count). The first-order valence-electron chi connectivity index (χ1n) is 16.3. The fraction of sp³-hybridized carbons (Fsp3) is 0.308. The van der Waals surface area contributed by atoms with Gasteiger partial charge in [-0.05, 0) is 75.4 Å². The van der Waals surface area contributed by atoms with Gasteiger partial charge in [-0.3, -0.25) is 14.6 Å². The summed E-state index contributed by atoms with van der Waals surface area (Å²) in [6.07, 6.45) is 2.67. The topological polar surface area (TPSA) is 97.5 Å². The van der Waals surface area contributed by atoms with Crippen LogP contribution in [-0.2, 0) is 16.1 Å². The van der Waals surface area contributed by atoms with E-state index in [0.717, 1.165) is 80.5 Å². The lowest BCUT2D eigenvalue weighted by Gasteiger charge is -2.19. The minimum atomic E-state index is -0.198. The van der Waals surface area contributed by atoms with Gasteiger partial charge < -0.3 is 19.8 Å². The van der Waals surface area contributed by atoms with E-state index in [2.05, 4.69) is 54.6 Å². The number of benzene rings is 4. The molecule has 0 atom stereocenters. The van der Waals surface area contributed by atoms with Crippen molar-refractivity contribution in [3.63, 3.8) is 0 Å². The van der Waals surface area contributed by atoms with E-state index >= 15 is 0 Å². The number of carbonyl (C=O) groups excluding carboxylic acids is 2. The predicted octanol–water partition coefficient (Wildman–Crippen LogP) is 6.99. The lowest BCUT2D eigenvalue weighted by atomic mass is 9.89. The maximum absolute atomic E-state index is 13.7. The van der Waals surface area contributed by atoms with E-state index in [1.165, 1.54) is 0 Å². The molecular weight excluding hydrogens is 574 g/mol. The molecule has 0 saturated carbocycles. The Balaban J connectivity index is 1.35. The number of ether oxygens (including phenoxy) is 1. The molecule has 0 unspecified atom stereocenters. The molecule has 7 nitrogen and oxygen atoms in total. The zero-order valence-electron chi connectivity index (χ0n) is 27.3. The number of unbranched alkanes of at least 4 members (excludes halogenated alkanes) is 2. The van der Waals surface area contributed by atoms with Gasteiger partial charge in [0.15, 0.2) is 0 Å². The van der Waals surface area contributed by atoms with Gasteiger partial charge in [-0.15, -0.1) is 0 Å². The summed E-state index contributed by atoms with van der Waals surface area (Å²) in [5.41, 5.74) is 8.52. The summed E-state index contributed by atoms with van der Waals surface area (Å²) in [4.78, 5) is 30.5. The molecule has 3 aromatic carbocycles. The van der Waals surface area contributed by atoms with E-state index in [1.54, 1.807) is 0 Å². The first-order chi connectivity index (χ1) is 22.4. The lowest BCUT2D eigenvalue weighted by Crippen LogP contribution is -2.77. The highest BCUT2D eigenvalue weighted by Gasteiger charge is 2.23. The third-order valence-electron chi connectivity index (χ3n) is 8.20. The van der Waals surface area contributed by atoms with Gasteiger partial charge in [0.1, 0.15) is 23.6 Å². The highest BCUT2D eigenvalue weighted by Crippen LogP contribution is 2.42. The van der Waals surface area contributed by atoms with Crippen molar-refractivity contribution >= 4 is 28.5 Å². The van der Waals surface area contributed by atoms with Gasteiger partial charge in [0.05, 0.1) is 11.9 Å². The molecule has 0 saturated heterocycles. The molecule has 46 heavy (non-hydrogen) atoms. The molecule has 2 aliphatic rings. The van der Waals surface area contributed by atoms with Crippen LogP contribution in [0.25, 0.3) is 33.4 Å². The molecule has 1 heterocycles. The first-order valence-corrected chi connectivity index (χ1v) is 16.3. The van der Waals surface area contributed by atoms with Crippen molar-refractivity contribution in [3.8, 4) is 22.5 Å². The van der Waals surface area contributed by atoms with E-state index in [4.69, 9.17) is 9.15 Å². The normalized spacial score (nSPS) is 11.7. The molecule has 7 heteroatoms. The molecule has 0 aromatic heterocycles. The van der Waals surface area contributed by atoms with Crippen molar-refractivity contribution in [3.05, 3.63) is 106 Å². The highest BCUT2D eigenvalue weighted by atomic mass is 16.5. The minimum absolute atomic E-state index is 0.123. The second-order valence-corrected chi connectivity index (χ2v) is 11.7. The SMILES string of the molecule is CCN=c1cc2oc3cc([NH2+]CC)c(C)cc3c(-c3ccccc3C(=O)NCCCCCC(=O)OCc3ccccc3)c-2cc1C. The monoisotopic (exact) mass is 618 g/mol. The Morgan fingerprint density at radius 1 is 0.870 bits per heavy atom. The van der Waals surface area contributed by atoms with E-state index in [9.17, 15) is 9.59 Å². The molecule has 1 aliphatic carbocycles. The highest BCUT2D eigenvalue weighted by molar-refractivity contribution is 6.09. The number of amides is 1. The van der Waals surface area contributed by atoms with Crippen molar-refractivity contribution in [2.24, 2.45) is 4.99 Å². The molecule has 3 aromatic rings. The Morgan fingerprint density at radius 3 is 2.43 bits per heavy atom. The van der Waals surface area contributed by atoms with Crippen LogP contribution in [0.4, 0.5) is 5.69 Å². The fourth-order valence-electron chi connectivity index (χ4n) is 5.85. The molecule has 1 aliphatic heterocycles. The summed E-state index contributed by atoms with van der Waals surface area (Å²) in [6.45, 7) is 10.8. The average Bonchev–Trinajstić information content (AvgIpc) is 3.06. The van der Waals surface area contributed by atoms with Gasteiger partial charge in [-0.25, -0.2) is 0 Å². The number of quaternary nitrogens is 1. The maximum atomic E-state index is 13.7. The molecule has 0 radical (unpaired) electrons. The van der Waals surface area contributed by atoms with Crippen LogP contribution in [0.3, 0.4) is 0 Å². The summed E-state index contributed by atoms with van der Waals surface area (Å²) in [5.74, 6) is 0.419. The molecule has 3 N–H and O–H groups in total. The smallest absolute Gasteiger partial charge is 0.306 e. The zero-order valence-corrected chi connectivity index (χ0v) is 27.3. The molecule has 0 bridgehead atoms. The summed E-state index contributed by atoms with van der Waals surface area (Å²) in [5, 5.41) is 7.20. The number of fused-ring (bicyclic) bond motifs is 2. The molecule has 1 amide bonds. The van der Waals surface area contributed by atoms with Crippen molar-refractivity contribution in [1.82, 2.24) is 5.32 Å². The number of hydrogen-bond donors (Lipinski definition) is 2. The fourth-order valence-corrected chi connectivity index (χ4v) is 5.85. The van der Waals surface area contributed by atoms with Gasteiger partial charge in [0, 0.05) is 59.3 Å². The Kier molecular flexibility index (Phi) is 11.0. The predicted molar refractivity (Wildman–Crippen MR) is 183 cm³/mol. The maximum Gasteiger partial charge on any atom is 0.306 e. The van der Waals surface area contributed by atoms with Crippen molar-refractivity contribution in [2.75, 3.05) is 19.6 Å². The largest absolute Gasteiger partial charge is 0.461 e. The van der Waals surface area contributed by atoms with Crippen molar-refractivity contribution in [1.29, 1.82) is 0 Å².